The molecule has 5 heteroatoms. The van der Waals surface area contributed by atoms with Crippen LogP contribution in [0.3, 0.4) is 0 Å². The average molecular weight is 905 g/mol. The van der Waals surface area contributed by atoms with Crippen LogP contribution in [-0.4, -0.2) is 16.2 Å². The molecule has 69 heavy (non-hydrogen) atoms. The number of hydrogen-bond donors (Lipinski definition) is 0. The van der Waals surface area contributed by atoms with Gasteiger partial charge in [0.25, 0.3) is 0 Å². The van der Waals surface area contributed by atoms with Gasteiger partial charge in [-0.15, -0.1) is 0 Å². The number of allylic oxidation sites excluding steroid dienone is 1. The summed E-state index contributed by atoms with van der Waals surface area (Å²) in [6.07, 6.45) is 4.29. The van der Waals surface area contributed by atoms with E-state index in [4.69, 9.17) is 9.72 Å². The van der Waals surface area contributed by atoms with Crippen LogP contribution in [0.2, 0.25) is 0 Å². The number of fused-ring (bicyclic) bond motifs is 3. The Bertz CT molecular complexity index is 3320. The van der Waals surface area contributed by atoms with Crippen molar-refractivity contribution in [2.24, 2.45) is 0 Å². The lowest BCUT2D eigenvalue weighted by atomic mass is 9.78. The summed E-state index contributed by atoms with van der Waals surface area (Å²) in [4.78, 5) is 9.94. The van der Waals surface area contributed by atoms with Gasteiger partial charge in [-0.05, 0) is 110 Å². The highest BCUT2D eigenvalue weighted by Gasteiger charge is 2.37. The summed E-state index contributed by atoms with van der Waals surface area (Å²) in [6, 6.07) is 65.6. The van der Waals surface area contributed by atoms with Gasteiger partial charge in [0.15, 0.2) is 0 Å². The molecule has 0 radical (unpaired) electrons. The molecular formula is C64H64N4O. The molecule has 0 fully saturated rings. The van der Waals surface area contributed by atoms with Crippen molar-refractivity contribution in [3.8, 4) is 28.4 Å². The molecule has 3 heterocycles. The quantitative estimate of drug-likeness (QED) is 0.137. The first-order chi connectivity index (χ1) is 32.9. The van der Waals surface area contributed by atoms with E-state index in [1.54, 1.807) is 0 Å². The first-order valence-electron chi connectivity index (χ1n) is 24.4. The Hall–Kier alpha value is -7.37. The molecule has 0 spiro atoms. The van der Waals surface area contributed by atoms with E-state index in [1.165, 1.54) is 50.3 Å². The summed E-state index contributed by atoms with van der Waals surface area (Å²) in [6.45, 7) is 23.8. The Morgan fingerprint density at radius 2 is 1.06 bits per heavy atom. The first kappa shape index (κ1) is 45.4. The standard InChI is InChI=1S/C64H64N4O/c1-61(2,3)49-36-50(62(4,5)6)38-52(37-49)67-43-66(42-59(67)64(9,10)47-25-18-13-19-26-47)51-27-20-28-53(40-51)69-54-30-31-55-56-35-45(44-21-14-11-15-22-44)29-32-57(56)68(58(55)41-54)60-39-48(33-34-65-60)63(7,8)46-23-16-12-17-24-46/h11-42H,43H2,1-10H3. The highest BCUT2D eigenvalue weighted by Crippen LogP contribution is 2.44. The Morgan fingerprint density at radius 3 is 1.71 bits per heavy atom. The zero-order valence-electron chi connectivity index (χ0n) is 41.9. The molecular weight excluding hydrogens is 841 g/mol. The van der Waals surface area contributed by atoms with Crippen LogP contribution in [0.25, 0.3) is 38.8 Å². The van der Waals surface area contributed by atoms with Crippen molar-refractivity contribution < 1.29 is 4.74 Å². The van der Waals surface area contributed by atoms with Crippen LogP contribution in [0.1, 0.15) is 97.1 Å². The Labute approximate surface area is 409 Å². The van der Waals surface area contributed by atoms with Crippen molar-refractivity contribution in [3.05, 3.63) is 228 Å². The molecule has 0 N–H and O–H groups in total. The number of anilines is 2. The highest BCUT2D eigenvalue weighted by molar-refractivity contribution is 6.10. The van der Waals surface area contributed by atoms with Gasteiger partial charge in [-0.2, -0.15) is 0 Å². The van der Waals surface area contributed by atoms with Gasteiger partial charge in [0, 0.05) is 63.2 Å². The van der Waals surface area contributed by atoms with Crippen molar-refractivity contribution in [1.82, 2.24) is 9.55 Å². The summed E-state index contributed by atoms with van der Waals surface area (Å²) in [5.41, 5.74) is 13.8. The molecule has 5 nitrogen and oxygen atoms in total. The minimum absolute atomic E-state index is 0.0117. The van der Waals surface area contributed by atoms with Gasteiger partial charge in [0.2, 0.25) is 0 Å². The van der Waals surface area contributed by atoms with Crippen LogP contribution >= 0.6 is 0 Å². The molecule has 346 valence electrons. The maximum atomic E-state index is 6.89. The van der Waals surface area contributed by atoms with Crippen molar-refractivity contribution in [1.29, 1.82) is 0 Å². The topological polar surface area (TPSA) is 33.5 Å². The second kappa shape index (κ2) is 17.3. The van der Waals surface area contributed by atoms with Crippen LogP contribution in [0.4, 0.5) is 11.4 Å². The van der Waals surface area contributed by atoms with Gasteiger partial charge in [0.05, 0.1) is 17.7 Å². The van der Waals surface area contributed by atoms with E-state index in [9.17, 15) is 0 Å². The van der Waals surface area contributed by atoms with Gasteiger partial charge >= 0.3 is 0 Å². The normalized spacial score (nSPS) is 13.6. The fourth-order valence-corrected chi connectivity index (χ4v) is 9.93. The monoisotopic (exact) mass is 905 g/mol. The molecule has 0 aliphatic carbocycles. The van der Waals surface area contributed by atoms with E-state index >= 15 is 0 Å². The number of rotatable bonds is 10. The van der Waals surface area contributed by atoms with Crippen LogP contribution in [-0.2, 0) is 21.7 Å². The fourth-order valence-electron chi connectivity index (χ4n) is 9.93. The number of nitrogens with zero attached hydrogens (tertiary/aromatic N) is 4. The van der Waals surface area contributed by atoms with E-state index in [0.29, 0.717) is 6.67 Å². The van der Waals surface area contributed by atoms with Crippen LogP contribution in [0, 0.1) is 0 Å². The largest absolute Gasteiger partial charge is 0.457 e. The van der Waals surface area contributed by atoms with Crippen LogP contribution in [0.5, 0.6) is 11.5 Å². The number of pyridine rings is 1. The maximum Gasteiger partial charge on any atom is 0.137 e. The molecule has 0 amide bonds. The zero-order valence-corrected chi connectivity index (χ0v) is 41.9. The van der Waals surface area contributed by atoms with Crippen molar-refractivity contribution >= 4 is 33.2 Å². The summed E-state index contributed by atoms with van der Waals surface area (Å²) >= 11 is 0. The summed E-state index contributed by atoms with van der Waals surface area (Å²) in [7, 11) is 0. The van der Waals surface area contributed by atoms with Gasteiger partial charge in [0.1, 0.15) is 17.3 Å². The third-order valence-electron chi connectivity index (χ3n) is 14.4. The minimum Gasteiger partial charge on any atom is -0.457 e. The molecule has 0 saturated heterocycles. The summed E-state index contributed by atoms with van der Waals surface area (Å²) < 4.78 is 9.19. The van der Waals surface area contributed by atoms with Gasteiger partial charge in [-0.3, -0.25) is 4.57 Å². The Kier molecular flexibility index (Phi) is 11.4. The predicted molar refractivity (Wildman–Crippen MR) is 290 cm³/mol. The minimum atomic E-state index is -0.287. The maximum absolute atomic E-state index is 6.89. The highest BCUT2D eigenvalue weighted by atomic mass is 16.5. The molecule has 10 rings (SSSR count). The first-order valence-corrected chi connectivity index (χ1v) is 24.4. The summed E-state index contributed by atoms with van der Waals surface area (Å²) in [5.74, 6) is 2.39. The smallest absolute Gasteiger partial charge is 0.137 e. The lowest BCUT2D eigenvalue weighted by molar-refractivity contribution is 0.483. The van der Waals surface area contributed by atoms with E-state index in [1.807, 2.05) is 6.20 Å². The number of ether oxygens (including phenoxy) is 1. The number of benzene rings is 7. The zero-order chi connectivity index (χ0) is 48.3. The molecule has 1 aliphatic rings. The van der Waals surface area contributed by atoms with Crippen molar-refractivity contribution in [2.45, 2.75) is 90.9 Å². The number of hydrogen-bond acceptors (Lipinski definition) is 4. The number of aromatic nitrogens is 2. The second-order valence-corrected chi connectivity index (χ2v) is 21.9. The van der Waals surface area contributed by atoms with Crippen molar-refractivity contribution in [2.75, 3.05) is 16.5 Å². The molecule has 0 saturated carbocycles. The van der Waals surface area contributed by atoms with Gasteiger partial charge in [-0.25, -0.2) is 4.98 Å². The Balaban J connectivity index is 1.05. The predicted octanol–water partition coefficient (Wildman–Crippen LogP) is 16.7. The second-order valence-electron chi connectivity index (χ2n) is 21.9. The molecule has 1 aliphatic heterocycles. The molecule has 9 aromatic rings. The van der Waals surface area contributed by atoms with Crippen molar-refractivity contribution in [3.63, 3.8) is 0 Å². The van der Waals surface area contributed by atoms with Gasteiger partial charge in [-0.1, -0.05) is 178 Å². The molecule has 0 unspecified atom stereocenters. The third kappa shape index (κ3) is 8.72. The molecule has 7 aromatic carbocycles. The fraction of sp³-hybridized carbons (Fsp3) is 0.234. The summed E-state index contributed by atoms with van der Waals surface area (Å²) in [5, 5.41) is 2.30. The van der Waals surface area contributed by atoms with Crippen LogP contribution < -0.4 is 14.5 Å². The Morgan fingerprint density at radius 1 is 0.435 bits per heavy atom. The van der Waals surface area contributed by atoms with E-state index < -0.39 is 0 Å². The lowest BCUT2D eigenvalue weighted by Gasteiger charge is -2.36. The van der Waals surface area contributed by atoms with Crippen LogP contribution in [0.15, 0.2) is 200 Å². The van der Waals surface area contributed by atoms with E-state index in [-0.39, 0.29) is 21.7 Å². The molecule has 2 aromatic heterocycles. The SMILES string of the molecule is CC(C)(C)c1cc(N2CN(c3cccc(Oc4ccc5c6cc(-c7ccccc7)ccc6n(-c6cc(C(C)(C)c7ccccc7)ccn6)c5c4)c3)C=C2C(C)(C)c2ccccc2)cc(C(C)(C)C)c1. The lowest BCUT2D eigenvalue weighted by Crippen LogP contribution is -2.34. The molecule has 0 bridgehead atoms. The van der Waals surface area contributed by atoms with Gasteiger partial charge < -0.3 is 14.5 Å². The molecule has 0 atom stereocenters. The van der Waals surface area contributed by atoms with E-state index in [0.717, 1.165) is 44.8 Å². The average Bonchev–Trinajstić information content (AvgIpc) is 3.95. The third-order valence-corrected chi connectivity index (χ3v) is 14.4. The van der Waals surface area contributed by atoms with E-state index in [2.05, 4.69) is 272 Å².